The molecule has 1 aromatic heterocycles. The summed E-state index contributed by atoms with van der Waals surface area (Å²) < 4.78 is 44.5. The van der Waals surface area contributed by atoms with E-state index in [0.29, 0.717) is 6.54 Å². The smallest absolute Gasteiger partial charge is 0.379 e. The lowest BCUT2D eigenvalue weighted by Crippen LogP contribution is -2.56. The Morgan fingerprint density at radius 3 is 2.86 bits per heavy atom. The third-order valence-corrected chi connectivity index (χ3v) is 4.45. The third kappa shape index (κ3) is 5.93. The first-order valence-electron chi connectivity index (χ1n) is 9.11. The molecule has 2 rings (SSSR count). The number of hydrogen-bond donors (Lipinski definition) is 3. The van der Waals surface area contributed by atoms with Crippen molar-refractivity contribution in [1.82, 2.24) is 20.4 Å². The summed E-state index contributed by atoms with van der Waals surface area (Å²) in [4.78, 5) is 25.6. The van der Waals surface area contributed by atoms with E-state index in [1.54, 1.807) is 12.0 Å². The molecule has 1 aliphatic heterocycles. The maximum Gasteiger partial charge on any atom is 0.423 e. The predicted octanol–water partition coefficient (Wildman–Crippen LogP) is 1.20. The van der Waals surface area contributed by atoms with Crippen LogP contribution in [0.1, 0.15) is 32.8 Å². The van der Waals surface area contributed by atoms with E-state index in [1.165, 1.54) is 0 Å². The van der Waals surface area contributed by atoms with Crippen LogP contribution < -0.4 is 16.2 Å². The van der Waals surface area contributed by atoms with Crippen molar-refractivity contribution in [3.8, 4) is 0 Å². The highest BCUT2D eigenvalue weighted by Crippen LogP contribution is 2.31. The number of ether oxygens (including phenoxy) is 1. The van der Waals surface area contributed by atoms with Gasteiger partial charge in [-0.15, -0.1) is 0 Å². The second-order valence-corrected chi connectivity index (χ2v) is 7.06. The summed E-state index contributed by atoms with van der Waals surface area (Å²) >= 11 is 0. The maximum atomic E-state index is 13.0. The Bertz CT molecular complexity index is 725. The van der Waals surface area contributed by atoms with Gasteiger partial charge in [-0.1, -0.05) is 0 Å². The molecule has 1 saturated heterocycles. The summed E-state index contributed by atoms with van der Waals surface area (Å²) in [6, 6.07) is -0.178. The highest BCUT2D eigenvalue weighted by molar-refractivity contribution is 5.76. The molecular weight excluding hydrogens is 379 g/mol. The number of alkyl halides is 3. The standard InChI is InChI=1S/C17H26F3N5O3/c1-10-8-25(12(3)6-21-10)14(26)4-5-28-9-11(2)23-13-7-22-24-16(27)15(13)17(18,19)20/h7,10-12,21H,4-6,8-9H2,1-3H3,(H2,23,24,27)/t10-,11+,12+/m1/s1. The summed E-state index contributed by atoms with van der Waals surface area (Å²) in [5.41, 5.74) is -3.05. The molecule has 1 fully saturated rings. The highest BCUT2D eigenvalue weighted by Gasteiger charge is 2.37. The van der Waals surface area contributed by atoms with E-state index in [1.807, 2.05) is 18.7 Å². The molecule has 0 saturated carbocycles. The quantitative estimate of drug-likeness (QED) is 0.590. The molecule has 0 spiro atoms. The summed E-state index contributed by atoms with van der Waals surface area (Å²) in [6.07, 6.45) is -3.69. The number of nitrogens with zero attached hydrogens (tertiary/aromatic N) is 2. The molecule has 1 amide bonds. The second-order valence-electron chi connectivity index (χ2n) is 7.06. The highest BCUT2D eigenvalue weighted by atomic mass is 19.4. The van der Waals surface area contributed by atoms with Crippen LogP contribution in [0.2, 0.25) is 0 Å². The number of rotatable bonds is 7. The number of halogens is 3. The number of amides is 1. The van der Waals surface area contributed by atoms with E-state index in [-0.39, 0.29) is 37.6 Å². The third-order valence-electron chi connectivity index (χ3n) is 4.45. The molecule has 3 atom stereocenters. The number of aromatic nitrogens is 2. The van der Waals surface area contributed by atoms with E-state index in [4.69, 9.17) is 4.74 Å². The van der Waals surface area contributed by atoms with Crippen LogP contribution in [-0.2, 0) is 15.7 Å². The summed E-state index contributed by atoms with van der Waals surface area (Å²) in [7, 11) is 0. The number of hydrogen-bond acceptors (Lipinski definition) is 6. The molecule has 1 aromatic rings. The van der Waals surface area contributed by atoms with Crippen LogP contribution in [0.15, 0.2) is 11.0 Å². The molecule has 11 heteroatoms. The van der Waals surface area contributed by atoms with Crippen LogP contribution in [0.5, 0.6) is 0 Å². The Morgan fingerprint density at radius 2 is 2.18 bits per heavy atom. The first-order valence-corrected chi connectivity index (χ1v) is 9.11. The van der Waals surface area contributed by atoms with Crippen LogP contribution in [0.25, 0.3) is 0 Å². The van der Waals surface area contributed by atoms with E-state index in [9.17, 15) is 22.8 Å². The van der Waals surface area contributed by atoms with Crippen molar-refractivity contribution < 1.29 is 22.7 Å². The lowest BCUT2D eigenvalue weighted by Gasteiger charge is -2.37. The van der Waals surface area contributed by atoms with Gasteiger partial charge in [-0.25, -0.2) is 5.10 Å². The number of nitrogens with one attached hydrogen (secondary N) is 3. The van der Waals surface area contributed by atoms with Gasteiger partial charge in [-0.3, -0.25) is 9.59 Å². The van der Waals surface area contributed by atoms with Crippen LogP contribution in [0.4, 0.5) is 18.9 Å². The second kappa shape index (κ2) is 9.37. The topological polar surface area (TPSA) is 99.3 Å². The SMILES string of the molecule is C[C@@H]1CN(C(=O)CCOC[C@H](C)Nc2cn[nH]c(=O)c2C(F)(F)F)[C@@H](C)CN1. The molecule has 158 valence electrons. The Balaban J connectivity index is 1.81. The number of piperazine rings is 1. The lowest BCUT2D eigenvalue weighted by atomic mass is 10.1. The van der Waals surface area contributed by atoms with Gasteiger partial charge < -0.3 is 20.3 Å². The van der Waals surface area contributed by atoms with Crippen molar-refractivity contribution in [1.29, 1.82) is 0 Å². The van der Waals surface area contributed by atoms with Crippen LogP contribution in [0.3, 0.4) is 0 Å². The van der Waals surface area contributed by atoms with Crippen molar-refractivity contribution in [2.45, 2.75) is 51.5 Å². The summed E-state index contributed by atoms with van der Waals surface area (Å²) in [5, 5.41) is 11.1. The van der Waals surface area contributed by atoms with Gasteiger partial charge in [0.2, 0.25) is 5.91 Å². The van der Waals surface area contributed by atoms with Gasteiger partial charge >= 0.3 is 6.18 Å². The zero-order valence-corrected chi connectivity index (χ0v) is 16.1. The molecular formula is C17H26F3N5O3. The Morgan fingerprint density at radius 1 is 1.46 bits per heavy atom. The minimum absolute atomic E-state index is 0.0142. The average molecular weight is 405 g/mol. The van der Waals surface area contributed by atoms with Gasteiger partial charge in [-0.05, 0) is 20.8 Å². The molecule has 1 aliphatic rings. The molecule has 0 aromatic carbocycles. The van der Waals surface area contributed by atoms with Gasteiger partial charge in [0, 0.05) is 31.2 Å². The number of H-pyrrole nitrogens is 1. The molecule has 0 aliphatic carbocycles. The lowest BCUT2D eigenvalue weighted by molar-refractivity contribution is -0.138. The average Bonchev–Trinajstić information content (AvgIpc) is 2.59. The molecule has 3 N–H and O–H groups in total. The maximum absolute atomic E-state index is 13.0. The van der Waals surface area contributed by atoms with Gasteiger partial charge in [-0.2, -0.15) is 18.3 Å². The van der Waals surface area contributed by atoms with Crippen molar-refractivity contribution in [3.05, 3.63) is 22.1 Å². The van der Waals surface area contributed by atoms with Crippen molar-refractivity contribution in [2.75, 3.05) is 31.6 Å². The van der Waals surface area contributed by atoms with E-state index in [0.717, 1.165) is 12.7 Å². The largest absolute Gasteiger partial charge is 0.423 e. The zero-order chi connectivity index (χ0) is 20.9. The fourth-order valence-corrected chi connectivity index (χ4v) is 3.03. The van der Waals surface area contributed by atoms with E-state index < -0.39 is 29.0 Å². The van der Waals surface area contributed by atoms with Crippen molar-refractivity contribution in [3.63, 3.8) is 0 Å². The predicted molar refractivity (Wildman–Crippen MR) is 97.0 cm³/mol. The molecule has 0 radical (unpaired) electrons. The van der Waals surface area contributed by atoms with Crippen molar-refractivity contribution in [2.24, 2.45) is 0 Å². The molecule has 0 unspecified atom stereocenters. The van der Waals surface area contributed by atoms with Gasteiger partial charge in [0.25, 0.3) is 5.56 Å². The van der Waals surface area contributed by atoms with E-state index >= 15 is 0 Å². The molecule has 2 heterocycles. The zero-order valence-electron chi connectivity index (χ0n) is 16.1. The summed E-state index contributed by atoms with van der Waals surface area (Å²) in [5.74, 6) is -0.0142. The van der Waals surface area contributed by atoms with Crippen LogP contribution >= 0.6 is 0 Å². The first kappa shape index (κ1) is 22.2. The summed E-state index contributed by atoms with van der Waals surface area (Å²) in [6.45, 7) is 7.20. The van der Waals surface area contributed by atoms with Crippen LogP contribution in [0, 0.1) is 0 Å². The Labute approximate surface area is 160 Å². The number of carbonyl (C=O) groups excluding carboxylic acids is 1. The normalized spacial score (nSPS) is 21.4. The monoisotopic (exact) mass is 405 g/mol. The number of aromatic amines is 1. The minimum Gasteiger partial charge on any atom is -0.379 e. The Hall–Kier alpha value is -2.14. The Kier molecular flexibility index (Phi) is 7.41. The van der Waals surface area contributed by atoms with Gasteiger partial charge in [0.15, 0.2) is 0 Å². The van der Waals surface area contributed by atoms with E-state index in [2.05, 4.69) is 15.7 Å². The number of carbonyl (C=O) groups is 1. The fraction of sp³-hybridized carbons (Fsp3) is 0.706. The van der Waals surface area contributed by atoms with Crippen molar-refractivity contribution >= 4 is 11.6 Å². The number of anilines is 1. The molecule has 8 nitrogen and oxygen atoms in total. The fourth-order valence-electron chi connectivity index (χ4n) is 3.03. The van der Waals surface area contributed by atoms with Gasteiger partial charge in [0.05, 0.1) is 31.5 Å². The molecule has 28 heavy (non-hydrogen) atoms. The molecule has 0 bridgehead atoms. The van der Waals surface area contributed by atoms with Crippen LogP contribution in [-0.4, -0.2) is 65.4 Å². The first-order chi connectivity index (χ1) is 13.1. The van der Waals surface area contributed by atoms with Gasteiger partial charge in [0.1, 0.15) is 5.56 Å². The minimum atomic E-state index is -4.80.